The standard InChI is InChI=1S/C12H18N2O2/c1-5-12(3,4)13-10-7-6-9(2)11(8-10)14(15)16/h6-8,13H,5H2,1-4H3. The van der Waals surface area contributed by atoms with Crippen molar-refractivity contribution in [2.45, 2.75) is 39.7 Å². The first-order chi connectivity index (χ1) is 7.35. The highest BCUT2D eigenvalue weighted by Crippen LogP contribution is 2.25. The third kappa shape index (κ3) is 2.95. The van der Waals surface area contributed by atoms with E-state index in [1.54, 1.807) is 19.1 Å². The van der Waals surface area contributed by atoms with Gasteiger partial charge in [0.2, 0.25) is 0 Å². The number of hydrogen-bond acceptors (Lipinski definition) is 3. The van der Waals surface area contributed by atoms with Crippen molar-refractivity contribution in [3.8, 4) is 0 Å². The van der Waals surface area contributed by atoms with E-state index >= 15 is 0 Å². The van der Waals surface area contributed by atoms with Crippen LogP contribution in [-0.4, -0.2) is 10.5 Å². The van der Waals surface area contributed by atoms with Crippen LogP contribution in [0.5, 0.6) is 0 Å². The predicted octanol–water partition coefficient (Wildman–Crippen LogP) is 3.50. The summed E-state index contributed by atoms with van der Waals surface area (Å²) in [5, 5.41) is 14.1. The van der Waals surface area contributed by atoms with E-state index in [0.717, 1.165) is 12.1 Å². The van der Waals surface area contributed by atoms with Crippen molar-refractivity contribution < 1.29 is 4.92 Å². The average molecular weight is 222 g/mol. The lowest BCUT2D eigenvalue weighted by molar-refractivity contribution is -0.385. The number of benzene rings is 1. The van der Waals surface area contributed by atoms with Gasteiger partial charge in [-0.15, -0.1) is 0 Å². The molecule has 0 atom stereocenters. The fraction of sp³-hybridized carbons (Fsp3) is 0.500. The number of rotatable bonds is 4. The molecule has 0 radical (unpaired) electrons. The van der Waals surface area contributed by atoms with Crippen LogP contribution in [0.1, 0.15) is 32.8 Å². The summed E-state index contributed by atoms with van der Waals surface area (Å²) in [4.78, 5) is 10.4. The molecule has 0 unspecified atom stereocenters. The van der Waals surface area contributed by atoms with Crippen LogP contribution in [0.4, 0.5) is 11.4 Å². The van der Waals surface area contributed by atoms with Crippen LogP contribution in [-0.2, 0) is 0 Å². The van der Waals surface area contributed by atoms with Crippen LogP contribution in [0.2, 0.25) is 0 Å². The zero-order chi connectivity index (χ0) is 12.3. The summed E-state index contributed by atoms with van der Waals surface area (Å²) in [7, 11) is 0. The lowest BCUT2D eigenvalue weighted by atomic mass is 10.0. The fourth-order valence-corrected chi connectivity index (χ4v) is 1.36. The number of anilines is 1. The highest BCUT2D eigenvalue weighted by Gasteiger charge is 2.17. The van der Waals surface area contributed by atoms with E-state index in [0.29, 0.717) is 5.56 Å². The maximum atomic E-state index is 10.8. The van der Waals surface area contributed by atoms with Gasteiger partial charge in [0.05, 0.1) is 4.92 Å². The summed E-state index contributed by atoms with van der Waals surface area (Å²) >= 11 is 0. The lowest BCUT2D eigenvalue weighted by Crippen LogP contribution is -2.29. The van der Waals surface area contributed by atoms with Crippen LogP contribution in [0.25, 0.3) is 0 Å². The summed E-state index contributed by atoms with van der Waals surface area (Å²) in [5.74, 6) is 0. The van der Waals surface area contributed by atoms with E-state index in [4.69, 9.17) is 0 Å². The zero-order valence-electron chi connectivity index (χ0n) is 10.2. The maximum absolute atomic E-state index is 10.8. The molecule has 0 aliphatic heterocycles. The summed E-state index contributed by atoms with van der Waals surface area (Å²) in [6.45, 7) is 7.96. The van der Waals surface area contributed by atoms with Crippen molar-refractivity contribution in [2.24, 2.45) is 0 Å². The Balaban J connectivity index is 3.00. The van der Waals surface area contributed by atoms with Crippen molar-refractivity contribution >= 4 is 11.4 Å². The van der Waals surface area contributed by atoms with Gasteiger partial charge in [-0.1, -0.05) is 13.0 Å². The molecule has 0 aliphatic rings. The molecule has 1 aromatic carbocycles. The Morgan fingerprint density at radius 1 is 1.44 bits per heavy atom. The molecule has 4 heteroatoms. The second-order valence-electron chi connectivity index (χ2n) is 4.62. The Kier molecular flexibility index (Phi) is 3.52. The van der Waals surface area contributed by atoms with E-state index in [9.17, 15) is 10.1 Å². The third-order valence-corrected chi connectivity index (χ3v) is 2.77. The average Bonchev–Trinajstić information content (AvgIpc) is 2.20. The first kappa shape index (κ1) is 12.5. The summed E-state index contributed by atoms with van der Waals surface area (Å²) < 4.78 is 0. The van der Waals surface area contributed by atoms with E-state index in [2.05, 4.69) is 26.1 Å². The number of nitro benzene ring substituents is 1. The predicted molar refractivity (Wildman–Crippen MR) is 65.8 cm³/mol. The molecule has 16 heavy (non-hydrogen) atoms. The fourth-order valence-electron chi connectivity index (χ4n) is 1.36. The van der Waals surface area contributed by atoms with Crippen LogP contribution in [0.15, 0.2) is 18.2 Å². The first-order valence-electron chi connectivity index (χ1n) is 5.39. The molecule has 88 valence electrons. The highest BCUT2D eigenvalue weighted by atomic mass is 16.6. The van der Waals surface area contributed by atoms with E-state index < -0.39 is 0 Å². The summed E-state index contributed by atoms with van der Waals surface area (Å²) in [6.07, 6.45) is 0.953. The maximum Gasteiger partial charge on any atom is 0.274 e. The number of aryl methyl sites for hydroxylation is 1. The number of nitro groups is 1. The largest absolute Gasteiger partial charge is 0.380 e. The molecule has 0 aromatic heterocycles. The molecule has 0 aliphatic carbocycles. The van der Waals surface area contributed by atoms with Gasteiger partial charge in [0.1, 0.15) is 0 Å². The van der Waals surface area contributed by atoms with Crippen LogP contribution in [0.3, 0.4) is 0 Å². The van der Waals surface area contributed by atoms with Gasteiger partial charge in [-0.25, -0.2) is 0 Å². The monoisotopic (exact) mass is 222 g/mol. The molecule has 0 saturated heterocycles. The van der Waals surface area contributed by atoms with Gasteiger partial charge in [-0.3, -0.25) is 10.1 Å². The summed E-state index contributed by atoms with van der Waals surface area (Å²) in [6, 6.07) is 5.23. The molecule has 0 spiro atoms. The number of nitrogens with one attached hydrogen (secondary N) is 1. The van der Waals surface area contributed by atoms with Gasteiger partial charge >= 0.3 is 0 Å². The Bertz CT molecular complexity index is 400. The van der Waals surface area contributed by atoms with Gasteiger partial charge in [0.25, 0.3) is 5.69 Å². The molecule has 1 aromatic rings. The minimum absolute atomic E-state index is 0.0525. The minimum Gasteiger partial charge on any atom is -0.380 e. The van der Waals surface area contributed by atoms with Gasteiger partial charge in [0.15, 0.2) is 0 Å². The molecule has 0 saturated carbocycles. The molecule has 0 heterocycles. The molecular formula is C12H18N2O2. The van der Waals surface area contributed by atoms with Crippen molar-refractivity contribution in [3.63, 3.8) is 0 Å². The molecule has 0 fully saturated rings. The van der Waals surface area contributed by atoms with Gasteiger partial charge in [-0.05, 0) is 33.3 Å². The second-order valence-corrected chi connectivity index (χ2v) is 4.62. The third-order valence-electron chi connectivity index (χ3n) is 2.77. The van der Waals surface area contributed by atoms with E-state index in [1.807, 2.05) is 6.07 Å². The Morgan fingerprint density at radius 2 is 2.06 bits per heavy atom. The molecule has 1 rings (SSSR count). The van der Waals surface area contributed by atoms with E-state index in [-0.39, 0.29) is 16.1 Å². The van der Waals surface area contributed by atoms with Crippen molar-refractivity contribution in [1.82, 2.24) is 0 Å². The Hall–Kier alpha value is -1.58. The Morgan fingerprint density at radius 3 is 2.56 bits per heavy atom. The molecule has 0 bridgehead atoms. The number of hydrogen-bond donors (Lipinski definition) is 1. The van der Waals surface area contributed by atoms with Gasteiger partial charge in [-0.2, -0.15) is 0 Å². The molecular weight excluding hydrogens is 204 g/mol. The Labute approximate surface area is 95.8 Å². The smallest absolute Gasteiger partial charge is 0.274 e. The molecule has 1 N–H and O–H groups in total. The zero-order valence-corrected chi connectivity index (χ0v) is 10.2. The van der Waals surface area contributed by atoms with Crippen LogP contribution in [0, 0.1) is 17.0 Å². The van der Waals surface area contributed by atoms with Crippen molar-refractivity contribution in [3.05, 3.63) is 33.9 Å². The number of nitrogens with zero attached hydrogens (tertiary/aromatic N) is 1. The minimum atomic E-state index is -0.348. The van der Waals surface area contributed by atoms with Crippen LogP contribution < -0.4 is 5.32 Å². The second kappa shape index (κ2) is 4.51. The SMILES string of the molecule is CCC(C)(C)Nc1ccc(C)c([N+](=O)[O-])c1. The van der Waals surface area contributed by atoms with Crippen LogP contribution >= 0.6 is 0 Å². The topological polar surface area (TPSA) is 55.2 Å². The highest BCUT2D eigenvalue weighted by molar-refractivity contribution is 5.55. The first-order valence-corrected chi connectivity index (χ1v) is 5.39. The molecule has 4 nitrogen and oxygen atoms in total. The molecule has 0 amide bonds. The van der Waals surface area contributed by atoms with Crippen molar-refractivity contribution in [1.29, 1.82) is 0 Å². The summed E-state index contributed by atoms with van der Waals surface area (Å²) in [5.41, 5.74) is 1.59. The van der Waals surface area contributed by atoms with Crippen molar-refractivity contribution in [2.75, 3.05) is 5.32 Å². The van der Waals surface area contributed by atoms with E-state index in [1.165, 1.54) is 0 Å². The van der Waals surface area contributed by atoms with Gasteiger partial charge < -0.3 is 5.32 Å². The van der Waals surface area contributed by atoms with Gasteiger partial charge in [0, 0.05) is 22.9 Å². The normalized spacial score (nSPS) is 11.2. The quantitative estimate of drug-likeness (QED) is 0.626. The lowest BCUT2D eigenvalue weighted by Gasteiger charge is -2.25.